The molecule has 0 aromatic heterocycles. The van der Waals surface area contributed by atoms with Gasteiger partial charge in [-0.25, -0.2) is 0 Å². The lowest BCUT2D eigenvalue weighted by atomic mass is 9.95. The van der Waals surface area contributed by atoms with Crippen molar-refractivity contribution in [2.24, 2.45) is 0 Å². The van der Waals surface area contributed by atoms with Crippen molar-refractivity contribution >= 4 is 11.6 Å². The Kier molecular flexibility index (Phi) is 2.00. The molecule has 3 rings (SSSR count). The summed E-state index contributed by atoms with van der Waals surface area (Å²) >= 11 is 5.96. The zero-order valence-corrected chi connectivity index (χ0v) is 9.56. The molecule has 0 N–H and O–H groups in total. The molecule has 5 heteroatoms. The van der Waals surface area contributed by atoms with Gasteiger partial charge in [0, 0.05) is 10.4 Å². The highest BCUT2D eigenvalue weighted by Crippen LogP contribution is 2.56. The molecular formula is C12H9ClF2O2. The molecule has 0 bridgehead atoms. The SMILES string of the molecule is C=C(Cl)C1(c2ccc3c(c2)OC(F)(F)O3)CC1. The van der Waals surface area contributed by atoms with Crippen LogP contribution in [0.3, 0.4) is 0 Å². The minimum atomic E-state index is -3.57. The minimum absolute atomic E-state index is 0.0507. The summed E-state index contributed by atoms with van der Waals surface area (Å²) in [6, 6.07) is 4.76. The molecule has 90 valence electrons. The first-order chi connectivity index (χ1) is 7.93. The van der Waals surface area contributed by atoms with Gasteiger partial charge in [0.25, 0.3) is 0 Å². The quantitative estimate of drug-likeness (QED) is 0.803. The predicted octanol–water partition coefficient (Wildman–Crippen LogP) is 3.79. The maximum Gasteiger partial charge on any atom is 0.586 e. The van der Waals surface area contributed by atoms with Crippen molar-refractivity contribution in [3.05, 3.63) is 35.4 Å². The van der Waals surface area contributed by atoms with E-state index in [0.717, 1.165) is 18.4 Å². The summed E-state index contributed by atoms with van der Waals surface area (Å²) in [5, 5.41) is 0.531. The number of halogens is 3. The lowest BCUT2D eigenvalue weighted by Gasteiger charge is -2.13. The van der Waals surface area contributed by atoms with Gasteiger partial charge in [-0.05, 0) is 30.5 Å². The van der Waals surface area contributed by atoms with Gasteiger partial charge >= 0.3 is 6.29 Å². The first-order valence-corrected chi connectivity index (χ1v) is 5.56. The molecule has 1 aromatic rings. The first kappa shape index (κ1) is 10.8. The minimum Gasteiger partial charge on any atom is -0.395 e. The predicted molar refractivity (Wildman–Crippen MR) is 58.6 cm³/mol. The van der Waals surface area contributed by atoms with Crippen LogP contribution in [0.15, 0.2) is 29.8 Å². The zero-order chi connectivity index (χ0) is 12.3. The van der Waals surface area contributed by atoms with Gasteiger partial charge in [-0.2, -0.15) is 0 Å². The van der Waals surface area contributed by atoms with E-state index in [1.54, 1.807) is 12.1 Å². The molecule has 0 unspecified atom stereocenters. The number of ether oxygens (including phenoxy) is 2. The molecule has 1 aliphatic carbocycles. The highest BCUT2D eigenvalue weighted by molar-refractivity contribution is 6.30. The second kappa shape index (κ2) is 3.13. The van der Waals surface area contributed by atoms with Gasteiger partial charge in [0.05, 0.1) is 0 Å². The van der Waals surface area contributed by atoms with Crippen LogP contribution in [0.4, 0.5) is 8.78 Å². The molecule has 2 aliphatic rings. The summed E-state index contributed by atoms with van der Waals surface area (Å²) in [5.74, 6) is 0.103. The lowest BCUT2D eigenvalue weighted by Crippen LogP contribution is -2.25. The zero-order valence-electron chi connectivity index (χ0n) is 8.80. The van der Waals surface area contributed by atoms with E-state index in [2.05, 4.69) is 16.1 Å². The number of allylic oxidation sites excluding steroid dienone is 1. The Morgan fingerprint density at radius 3 is 2.47 bits per heavy atom. The van der Waals surface area contributed by atoms with Gasteiger partial charge in [-0.3, -0.25) is 0 Å². The van der Waals surface area contributed by atoms with Crippen molar-refractivity contribution < 1.29 is 18.3 Å². The number of fused-ring (bicyclic) bond motifs is 1. The van der Waals surface area contributed by atoms with Gasteiger partial charge in [-0.15, -0.1) is 8.78 Å². The molecular weight excluding hydrogens is 250 g/mol. The van der Waals surface area contributed by atoms with E-state index in [0.29, 0.717) is 5.03 Å². The molecule has 1 saturated carbocycles. The molecule has 0 atom stereocenters. The number of hydrogen-bond acceptors (Lipinski definition) is 2. The fraction of sp³-hybridized carbons (Fsp3) is 0.333. The van der Waals surface area contributed by atoms with Crippen LogP contribution >= 0.6 is 11.6 Å². The van der Waals surface area contributed by atoms with E-state index < -0.39 is 6.29 Å². The second-order valence-electron chi connectivity index (χ2n) is 4.32. The first-order valence-electron chi connectivity index (χ1n) is 5.18. The number of rotatable bonds is 2. The van der Waals surface area contributed by atoms with Crippen LogP contribution in [-0.2, 0) is 5.41 Å². The van der Waals surface area contributed by atoms with Gasteiger partial charge < -0.3 is 9.47 Å². The standard InChI is InChI=1S/C12H9ClF2O2/c1-7(13)11(4-5-11)8-2-3-9-10(6-8)17-12(14,15)16-9/h2-3,6H,1,4-5H2. The van der Waals surface area contributed by atoms with Crippen molar-refractivity contribution in [3.8, 4) is 11.5 Å². The lowest BCUT2D eigenvalue weighted by molar-refractivity contribution is -0.286. The van der Waals surface area contributed by atoms with Crippen LogP contribution in [-0.4, -0.2) is 6.29 Å². The van der Waals surface area contributed by atoms with E-state index in [4.69, 9.17) is 11.6 Å². The number of hydrogen-bond donors (Lipinski definition) is 0. The van der Waals surface area contributed by atoms with E-state index in [1.807, 2.05) is 0 Å². The van der Waals surface area contributed by atoms with E-state index >= 15 is 0 Å². The summed E-state index contributed by atoms with van der Waals surface area (Å²) in [7, 11) is 0. The maximum atomic E-state index is 12.9. The Morgan fingerprint density at radius 1 is 1.24 bits per heavy atom. The second-order valence-corrected chi connectivity index (χ2v) is 4.77. The molecule has 0 spiro atoms. The third kappa shape index (κ3) is 1.59. The van der Waals surface area contributed by atoms with Gasteiger partial charge in [-0.1, -0.05) is 24.2 Å². The summed E-state index contributed by atoms with van der Waals surface area (Å²) in [4.78, 5) is 0. The Hall–Kier alpha value is -1.29. The highest BCUT2D eigenvalue weighted by atomic mass is 35.5. The molecule has 0 radical (unpaired) electrons. The maximum absolute atomic E-state index is 12.9. The van der Waals surface area contributed by atoms with E-state index in [9.17, 15) is 8.78 Å². The summed E-state index contributed by atoms with van der Waals surface area (Å²) in [6.07, 6.45) is -1.81. The highest BCUT2D eigenvalue weighted by Gasteiger charge is 2.49. The number of alkyl halides is 2. The molecule has 1 fully saturated rings. The van der Waals surface area contributed by atoms with Crippen molar-refractivity contribution in [2.45, 2.75) is 24.6 Å². The fourth-order valence-corrected chi connectivity index (χ4v) is 2.39. The summed E-state index contributed by atoms with van der Waals surface area (Å²) in [6.45, 7) is 3.73. The molecule has 0 amide bonds. The van der Waals surface area contributed by atoms with E-state index in [1.165, 1.54) is 6.07 Å². The normalized spacial score (nSPS) is 22.3. The third-order valence-electron chi connectivity index (χ3n) is 3.22. The van der Waals surface area contributed by atoms with Crippen LogP contribution in [0.2, 0.25) is 0 Å². The topological polar surface area (TPSA) is 18.5 Å². The Balaban J connectivity index is 1.99. The molecule has 0 saturated heterocycles. The average molecular weight is 259 g/mol. The van der Waals surface area contributed by atoms with Crippen molar-refractivity contribution in [3.63, 3.8) is 0 Å². The van der Waals surface area contributed by atoms with Crippen LogP contribution in [0.1, 0.15) is 18.4 Å². The largest absolute Gasteiger partial charge is 0.586 e. The fourth-order valence-electron chi connectivity index (χ4n) is 2.09. The molecule has 1 aliphatic heterocycles. The molecule has 1 heterocycles. The number of benzene rings is 1. The van der Waals surface area contributed by atoms with Crippen LogP contribution in [0.5, 0.6) is 11.5 Å². The van der Waals surface area contributed by atoms with Crippen LogP contribution in [0.25, 0.3) is 0 Å². The third-order valence-corrected chi connectivity index (χ3v) is 3.58. The monoisotopic (exact) mass is 258 g/mol. The Bertz CT molecular complexity index is 509. The van der Waals surface area contributed by atoms with Crippen molar-refractivity contribution in [1.29, 1.82) is 0 Å². The summed E-state index contributed by atoms with van der Waals surface area (Å²) in [5.41, 5.74) is 0.565. The summed E-state index contributed by atoms with van der Waals surface area (Å²) < 4.78 is 34.4. The Morgan fingerprint density at radius 2 is 1.88 bits per heavy atom. The van der Waals surface area contributed by atoms with Gasteiger partial charge in [0.1, 0.15) is 0 Å². The Labute approximate surface area is 102 Å². The van der Waals surface area contributed by atoms with Gasteiger partial charge in [0.2, 0.25) is 0 Å². The van der Waals surface area contributed by atoms with E-state index in [-0.39, 0.29) is 16.9 Å². The average Bonchev–Trinajstić information content (AvgIpc) is 2.95. The van der Waals surface area contributed by atoms with Crippen LogP contribution in [0, 0.1) is 0 Å². The molecule has 2 nitrogen and oxygen atoms in total. The van der Waals surface area contributed by atoms with Crippen LogP contribution < -0.4 is 9.47 Å². The van der Waals surface area contributed by atoms with Gasteiger partial charge in [0.15, 0.2) is 11.5 Å². The molecule has 1 aromatic carbocycles. The van der Waals surface area contributed by atoms with Crippen molar-refractivity contribution in [1.82, 2.24) is 0 Å². The van der Waals surface area contributed by atoms with Crippen molar-refractivity contribution in [2.75, 3.05) is 0 Å². The smallest absolute Gasteiger partial charge is 0.395 e. The molecule has 17 heavy (non-hydrogen) atoms.